The van der Waals surface area contributed by atoms with Gasteiger partial charge in [0.15, 0.2) is 0 Å². The normalized spacial score (nSPS) is 11.9. The van der Waals surface area contributed by atoms with Crippen molar-refractivity contribution in [2.75, 3.05) is 11.5 Å². The lowest BCUT2D eigenvalue weighted by Crippen LogP contribution is -2.10. The Morgan fingerprint density at radius 3 is 1.76 bits per heavy atom. The van der Waals surface area contributed by atoms with Gasteiger partial charge in [-0.3, -0.25) is 0 Å². The summed E-state index contributed by atoms with van der Waals surface area (Å²) in [5, 5.41) is 0. The maximum Gasteiger partial charge on any atom is 0.150 e. The Labute approximate surface area is 108 Å². The van der Waals surface area contributed by atoms with Crippen LogP contribution in [0.2, 0.25) is 0 Å². The van der Waals surface area contributed by atoms with E-state index in [0.717, 1.165) is 32.1 Å². The van der Waals surface area contributed by atoms with Crippen LogP contribution in [0.5, 0.6) is 0 Å². The van der Waals surface area contributed by atoms with Gasteiger partial charge < -0.3 is 0 Å². The number of hydrogen-bond acceptors (Lipinski definition) is 2. The van der Waals surface area contributed by atoms with E-state index >= 15 is 0 Å². The molecule has 0 spiro atoms. The molecule has 0 saturated carbocycles. The van der Waals surface area contributed by atoms with Crippen LogP contribution in [0, 0.1) is 6.92 Å². The van der Waals surface area contributed by atoms with Gasteiger partial charge in [0.2, 0.25) is 0 Å². The molecule has 0 aromatic heterocycles. The van der Waals surface area contributed by atoms with Crippen molar-refractivity contribution in [3.05, 3.63) is 6.92 Å². The topological polar surface area (TPSA) is 34.1 Å². The zero-order chi connectivity index (χ0) is 13.0. The summed E-state index contributed by atoms with van der Waals surface area (Å²) in [6.45, 7) is 5.85. The molecule has 0 atom stereocenters. The van der Waals surface area contributed by atoms with Gasteiger partial charge in [-0.05, 0) is 12.8 Å². The van der Waals surface area contributed by atoms with Gasteiger partial charge in [-0.2, -0.15) is 0 Å². The zero-order valence-electron chi connectivity index (χ0n) is 11.4. The van der Waals surface area contributed by atoms with Gasteiger partial charge in [-0.1, -0.05) is 65.2 Å². The summed E-state index contributed by atoms with van der Waals surface area (Å²) in [6.07, 6.45) is 10.9. The summed E-state index contributed by atoms with van der Waals surface area (Å²) in [6, 6.07) is 0. The lowest BCUT2D eigenvalue weighted by atomic mass is 10.1. The molecule has 0 amide bonds. The molecule has 0 aromatic rings. The molecule has 1 radical (unpaired) electrons. The standard InChI is InChI=1S/C14H29O2S/c1-3-5-7-8-9-10-11-12-14-17(15,16)13-6-4-2/h1,3-14H2,2H3. The molecule has 0 aliphatic heterocycles. The van der Waals surface area contributed by atoms with E-state index in [-0.39, 0.29) is 0 Å². The number of unbranched alkanes of at least 4 members (excludes halogenated alkanes) is 8. The molecule has 0 N–H and O–H groups in total. The van der Waals surface area contributed by atoms with Crippen molar-refractivity contribution < 1.29 is 8.42 Å². The van der Waals surface area contributed by atoms with Gasteiger partial charge >= 0.3 is 0 Å². The molecule has 0 heterocycles. The minimum atomic E-state index is -2.75. The summed E-state index contributed by atoms with van der Waals surface area (Å²) in [7, 11) is -2.75. The van der Waals surface area contributed by atoms with Crippen molar-refractivity contribution in [3.63, 3.8) is 0 Å². The molecular weight excluding hydrogens is 232 g/mol. The van der Waals surface area contributed by atoms with Gasteiger partial charge in [0.1, 0.15) is 9.84 Å². The molecule has 0 unspecified atom stereocenters. The Hall–Kier alpha value is -0.0500. The third kappa shape index (κ3) is 12.2. The van der Waals surface area contributed by atoms with Gasteiger partial charge in [0.25, 0.3) is 0 Å². The van der Waals surface area contributed by atoms with Crippen LogP contribution in [-0.4, -0.2) is 19.9 Å². The van der Waals surface area contributed by atoms with Crippen molar-refractivity contribution in [1.82, 2.24) is 0 Å². The van der Waals surface area contributed by atoms with Crippen molar-refractivity contribution in [2.45, 2.75) is 71.1 Å². The third-order valence-corrected chi connectivity index (χ3v) is 4.84. The second kappa shape index (κ2) is 11.1. The monoisotopic (exact) mass is 261 g/mol. The molecule has 0 bridgehead atoms. The average Bonchev–Trinajstić information content (AvgIpc) is 2.30. The maximum absolute atomic E-state index is 11.6. The first-order valence-electron chi connectivity index (χ1n) is 7.12. The maximum atomic E-state index is 11.6. The summed E-state index contributed by atoms with van der Waals surface area (Å²) < 4.78 is 23.1. The molecule has 103 valence electrons. The molecule has 0 aliphatic rings. The summed E-state index contributed by atoms with van der Waals surface area (Å²) in [4.78, 5) is 0. The molecule has 17 heavy (non-hydrogen) atoms. The third-order valence-electron chi connectivity index (χ3n) is 3.01. The van der Waals surface area contributed by atoms with E-state index in [1.54, 1.807) is 0 Å². The lowest BCUT2D eigenvalue weighted by molar-refractivity contribution is 0.573. The highest BCUT2D eigenvalue weighted by Crippen LogP contribution is 2.09. The molecule has 3 heteroatoms. The second-order valence-electron chi connectivity index (χ2n) is 4.83. The highest BCUT2D eigenvalue weighted by atomic mass is 32.2. The minimum absolute atomic E-state index is 0.382. The fraction of sp³-hybridized carbons (Fsp3) is 0.929. The SMILES string of the molecule is [CH2]CCCCCCCCCS(=O)(=O)CCCC. The zero-order valence-corrected chi connectivity index (χ0v) is 12.2. The van der Waals surface area contributed by atoms with E-state index in [9.17, 15) is 8.42 Å². The van der Waals surface area contributed by atoms with Crippen molar-refractivity contribution >= 4 is 9.84 Å². The quantitative estimate of drug-likeness (QED) is 0.494. The van der Waals surface area contributed by atoms with E-state index in [0.29, 0.717) is 11.5 Å². The highest BCUT2D eigenvalue weighted by Gasteiger charge is 2.08. The van der Waals surface area contributed by atoms with E-state index in [1.807, 2.05) is 6.92 Å². The molecule has 0 aromatic carbocycles. The van der Waals surface area contributed by atoms with Crippen LogP contribution in [0.3, 0.4) is 0 Å². The number of rotatable bonds is 12. The summed E-state index contributed by atoms with van der Waals surface area (Å²) >= 11 is 0. The Morgan fingerprint density at radius 1 is 0.765 bits per heavy atom. The highest BCUT2D eigenvalue weighted by molar-refractivity contribution is 7.91. The predicted octanol–water partition coefficient (Wildman–Crippen LogP) is 4.16. The Kier molecular flexibility index (Phi) is 11.0. The molecular formula is C14H29O2S. The first-order valence-corrected chi connectivity index (χ1v) is 8.94. The summed E-state index contributed by atoms with van der Waals surface area (Å²) in [5.41, 5.74) is 0. The smallest absolute Gasteiger partial charge is 0.150 e. The largest absolute Gasteiger partial charge is 0.229 e. The van der Waals surface area contributed by atoms with Crippen LogP contribution in [0.25, 0.3) is 0 Å². The summed E-state index contributed by atoms with van der Waals surface area (Å²) in [5.74, 6) is 0.777. The van der Waals surface area contributed by atoms with E-state index in [4.69, 9.17) is 0 Å². The van der Waals surface area contributed by atoms with Crippen LogP contribution >= 0.6 is 0 Å². The van der Waals surface area contributed by atoms with Gasteiger partial charge in [-0.25, -0.2) is 8.42 Å². The van der Waals surface area contributed by atoms with Crippen LogP contribution in [0.4, 0.5) is 0 Å². The number of hydrogen-bond donors (Lipinski definition) is 0. The lowest BCUT2D eigenvalue weighted by Gasteiger charge is -2.03. The first-order chi connectivity index (χ1) is 8.12. The fourth-order valence-corrected chi connectivity index (χ4v) is 3.43. The first kappa shape index (κ1) is 16.9. The average molecular weight is 261 g/mol. The van der Waals surface area contributed by atoms with Crippen molar-refractivity contribution in [3.8, 4) is 0 Å². The van der Waals surface area contributed by atoms with E-state index in [1.165, 1.54) is 32.1 Å². The number of sulfone groups is 1. The molecule has 0 aliphatic carbocycles. The molecule has 2 nitrogen and oxygen atoms in total. The van der Waals surface area contributed by atoms with Crippen LogP contribution in [-0.2, 0) is 9.84 Å². The van der Waals surface area contributed by atoms with Crippen molar-refractivity contribution in [1.29, 1.82) is 0 Å². The predicted molar refractivity (Wildman–Crippen MR) is 75.9 cm³/mol. The molecule has 0 rings (SSSR count). The minimum Gasteiger partial charge on any atom is -0.229 e. The molecule has 0 fully saturated rings. The Balaban J connectivity index is 3.32. The second-order valence-corrected chi connectivity index (χ2v) is 7.14. The van der Waals surface area contributed by atoms with Gasteiger partial charge in [0.05, 0.1) is 11.5 Å². The fourth-order valence-electron chi connectivity index (χ4n) is 1.85. The Morgan fingerprint density at radius 2 is 1.24 bits per heavy atom. The van der Waals surface area contributed by atoms with Crippen LogP contribution < -0.4 is 0 Å². The Bertz CT molecular complexity index is 245. The molecule has 0 saturated heterocycles. The van der Waals surface area contributed by atoms with Gasteiger partial charge in [-0.15, -0.1) is 0 Å². The van der Waals surface area contributed by atoms with E-state index < -0.39 is 9.84 Å². The van der Waals surface area contributed by atoms with Crippen LogP contribution in [0.1, 0.15) is 71.1 Å². The van der Waals surface area contributed by atoms with Crippen molar-refractivity contribution in [2.24, 2.45) is 0 Å². The van der Waals surface area contributed by atoms with E-state index in [2.05, 4.69) is 6.92 Å². The van der Waals surface area contributed by atoms with Crippen LogP contribution in [0.15, 0.2) is 0 Å². The van der Waals surface area contributed by atoms with Gasteiger partial charge in [0, 0.05) is 0 Å².